The first kappa shape index (κ1) is 17.3. The first-order valence-electron chi connectivity index (χ1n) is 9.57. The fourth-order valence-corrected chi connectivity index (χ4v) is 5.33. The first-order valence-corrected chi connectivity index (χ1v) is 9.91. The van der Waals surface area contributed by atoms with Crippen LogP contribution in [0.5, 0.6) is 0 Å². The molecule has 0 bridgehead atoms. The van der Waals surface area contributed by atoms with Gasteiger partial charge in [0.05, 0.1) is 0 Å². The highest BCUT2D eigenvalue weighted by Gasteiger charge is 2.55. The summed E-state index contributed by atoms with van der Waals surface area (Å²) in [6.07, 6.45) is 5.20. The molecule has 3 aliphatic rings. The molecule has 5 heteroatoms. The topological polar surface area (TPSA) is 52.6 Å². The van der Waals surface area contributed by atoms with Crippen LogP contribution in [-0.4, -0.2) is 35.1 Å². The summed E-state index contributed by atoms with van der Waals surface area (Å²) >= 11 is 6.03. The van der Waals surface area contributed by atoms with Crippen molar-refractivity contribution in [2.45, 2.75) is 37.7 Å². The highest BCUT2D eigenvalue weighted by Crippen LogP contribution is 2.51. The van der Waals surface area contributed by atoms with Crippen molar-refractivity contribution < 1.29 is 9.90 Å². The summed E-state index contributed by atoms with van der Waals surface area (Å²) in [5, 5.41) is 14.6. The van der Waals surface area contributed by atoms with E-state index in [1.165, 1.54) is 6.42 Å². The van der Waals surface area contributed by atoms with E-state index >= 15 is 0 Å². The molecule has 1 aromatic rings. The summed E-state index contributed by atoms with van der Waals surface area (Å²) in [6, 6.07) is 9.48. The number of fused-ring (bicyclic) bond motifs is 1. The maximum absolute atomic E-state index is 13.1. The van der Waals surface area contributed by atoms with Gasteiger partial charge in [0.25, 0.3) is 5.91 Å². The maximum Gasteiger partial charge on any atom is 0.256 e. The third-order valence-electron chi connectivity index (χ3n) is 6.58. The lowest BCUT2D eigenvalue weighted by Crippen LogP contribution is -2.50. The second kappa shape index (κ2) is 6.90. The molecule has 2 unspecified atom stereocenters. The van der Waals surface area contributed by atoms with Gasteiger partial charge >= 0.3 is 0 Å². The Balaban J connectivity index is 1.47. The average Bonchev–Trinajstić information content (AvgIpc) is 3.12. The number of rotatable bonds is 5. The van der Waals surface area contributed by atoms with E-state index in [1.54, 1.807) is 0 Å². The minimum atomic E-state index is -1.41. The Morgan fingerprint density at radius 2 is 1.80 bits per heavy atom. The molecule has 4 rings (SSSR count). The van der Waals surface area contributed by atoms with Crippen LogP contribution in [0.25, 0.3) is 0 Å². The SMILES string of the molecule is O=C(NC[C@H]1C2CN(Cl)C[C@@H]21)C(O)(c1ccccc1)C1CCCCC1. The lowest BCUT2D eigenvalue weighted by molar-refractivity contribution is -0.149. The van der Waals surface area contributed by atoms with Gasteiger partial charge in [-0.25, -0.2) is 4.42 Å². The summed E-state index contributed by atoms with van der Waals surface area (Å²) < 4.78 is 1.84. The van der Waals surface area contributed by atoms with Crippen molar-refractivity contribution in [1.82, 2.24) is 9.74 Å². The fraction of sp³-hybridized carbons (Fsp3) is 0.650. The third kappa shape index (κ3) is 3.20. The summed E-state index contributed by atoms with van der Waals surface area (Å²) in [7, 11) is 0. The van der Waals surface area contributed by atoms with Gasteiger partial charge in [0.1, 0.15) is 0 Å². The molecule has 25 heavy (non-hydrogen) atoms. The number of amides is 1. The van der Waals surface area contributed by atoms with Gasteiger partial charge in [-0.15, -0.1) is 0 Å². The molecule has 1 saturated heterocycles. The van der Waals surface area contributed by atoms with E-state index in [0.29, 0.717) is 24.3 Å². The van der Waals surface area contributed by atoms with E-state index < -0.39 is 5.60 Å². The zero-order chi connectivity index (χ0) is 17.4. The largest absolute Gasteiger partial charge is 0.375 e. The van der Waals surface area contributed by atoms with Gasteiger partial charge in [-0.1, -0.05) is 49.6 Å². The van der Waals surface area contributed by atoms with Crippen LogP contribution in [0, 0.1) is 23.7 Å². The monoisotopic (exact) mass is 362 g/mol. The van der Waals surface area contributed by atoms with Crippen LogP contribution in [0.1, 0.15) is 37.7 Å². The van der Waals surface area contributed by atoms with Gasteiger partial charge in [-0.2, -0.15) is 0 Å². The van der Waals surface area contributed by atoms with E-state index in [0.717, 1.165) is 44.3 Å². The van der Waals surface area contributed by atoms with E-state index in [9.17, 15) is 9.90 Å². The van der Waals surface area contributed by atoms with Crippen molar-refractivity contribution in [2.75, 3.05) is 19.6 Å². The molecule has 1 heterocycles. The van der Waals surface area contributed by atoms with Crippen molar-refractivity contribution in [3.8, 4) is 0 Å². The number of hydrogen-bond acceptors (Lipinski definition) is 3. The van der Waals surface area contributed by atoms with Crippen molar-refractivity contribution in [2.24, 2.45) is 23.7 Å². The summed E-state index contributed by atoms with van der Waals surface area (Å²) in [5.74, 6) is 1.51. The van der Waals surface area contributed by atoms with Crippen LogP contribution in [0.3, 0.4) is 0 Å². The number of aliphatic hydroxyl groups is 1. The lowest BCUT2D eigenvalue weighted by atomic mass is 9.73. The summed E-state index contributed by atoms with van der Waals surface area (Å²) in [4.78, 5) is 13.1. The number of halogens is 1. The zero-order valence-electron chi connectivity index (χ0n) is 14.5. The highest BCUT2D eigenvalue weighted by atomic mass is 35.5. The molecule has 0 spiro atoms. The molecule has 2 saturated carbocycles. The summed E-state index contributed by atoms with van der Waals surface area (Å²) in [5.41, 5.74) is -0.688. The second-order valence-corrected chi connectivity index (χ2v) is 8.47. The smallest absolute Gasteiger partial charge is 0.256 e. The third-order valence-corrected chi connectivity index (χ3v) is 6.86. The van der Waals surface area contributed by atoms with Crippen LogP contribution in [0.15, 0.2) is 30.3 Å². The summed E-state index contributed by atoms with van der Waals surface area (Å²) in [6.45, 7) is 2.48. The molecule has 2 aliphatic carbocycles. The molecule has 3 fully saturated rings. The highest BCUT2D eigenvalue weighted by molar-refractivity contribution is 6.13. The van der Waals surface area contributed by atoms with Crippen LogP contribution >= 0.6 is 11.8 Å². The van der Waals surface area contributed by atoms with Crippen molar-refractivity contribution in [3.63, 3.8) is 0 Å². The Morgan fingerprint density at radius 3 is 2.44 bits per heavy atom. The first-order chi connectivity index (χ1) is 12.1. The minimum absolute atomic E-state index is 0.000635. The molecule has 2 N–H and O–H groups in total. The predicted molar refractivity (Wildman–Crippen MR) is 97.8 cm³/mol. The van der Waals surface area contributed by atoms with Gasteiger partial charge in [0.2, 0.25) is 0 Å². The van der Waals surface area contributed by atoms with E-state index in [1.807, 2.05) is 34.8 Å². The number of nitrogens with one attached hydrogen (secondary N) is 1. The minimum Gasteiger partial charge on any atom is -0.375 e. The Bertz CT molecular complexity index is 607. The number of nitrogens with zero attached hydrogens (tertiary/aromatic N) is 1. The van der Waals surface area contributed by atoms with Crippen LogP contribution < -0.4 is 5.32 Å². The second-order valence-electron chi connectivity index (χ2n) is 8.00. The van der Waals surface area contributed by atoms with E-state index in [4.69, 9.17) is 11.8 Å². The quantitative estimate of drug-likeness (QED) is 0.792. The number of carbonyl (C=O) groups excluding carboxylic acids is 1. The number of piperidine rings is 1. The van der Waals surface area contributed by atoms with E-state index in [-0.39, 0.29) is 11.8 Å². The van der Waals surface area contributed by atoms with Gasteiger partial charge in [-0.05, 0) is 47.9 Å². The van der Waals surface area contributed by atoms with Crippen molar-refractivity contribution in [1.29, 1.82) is 0 Å². The Kier molecular flexibility index (Phi) is 4.78. The van der Waals surface area contributed by atoms with Crippen LogP contribution in [0.4, 0.5) is 0 Å². The molecule has 1 aliphatic heterocycles. The molecule has 0 aromatic heterocycles. The Labute approximate surface area is 154 Å². The molecule has 136 valence electrons. The van der Waals surface area contributed by atoms with Gasteiger partial charge < -0.3 is 10.4 Å². The number of hydrogen-bond donors (Lipinski definition) is 2. The maximum atomic E-state index is 13.1. The molecule has 4 nitrogen and oxygen atoms in total. The number of carbonyl (C=O) groups is 1. The standard InChI is InChI=1S/C20H27ClN2O2/c21-23-12-17-16(18(17)13-23)11-22-19(24)20(25,14-7-3-1-4-8-14)15-9-5-2-6-10-15/h1,3-4,7-8,15-18,25H,2,5-6,9-13H2,(H,22,24)/t16-,17-,18?,20?/m1/s1. The molecular weight excluding hydrogens is 336 g/mol. The molecule has 0 radical (unpaired) electrons. The van der Waals surface area contributed by atoms with Crippen LogP contribution in [-0.2, 0) is 10.4 Å². The zero-order valence-corrected chi connectivity index (χ0v) is 15.3. The normalized spacial score (nSPS) is 32.0. The van der Waals surface area contributed by atoms with Crippen molar-refractivity contribution >= 4 is 17.7 Å². The Hall–Kier alpha value is -1.10. The van der Waals surface area contributed by atoms with Crippen molar-refractivity contribution in [3.05, 3.63) is 35.9 Å². The molecular formula is C20H27ClN2O2. The molecule has 1 amide bonds. The Morgan fingerprint density at radius 1 is 1.16 bits per heavy atom. The van der Waals surface area contributed by atoms with Crippen LogP contribution in [0.2, 0.25) is 0 Å². The molecule has 1 aromatic carbocycles. The number of benzene rings is 1. The average molecular weight is 363 g/mol. The molecule has 4 atom stereocenters. The fourth-order valence-electron chi connectivity index (χ4n) is 5.01. The van der Waals surface area contributed by atoms with Gasteiger partial charge in [-0.3, -0.25) is 4.79 Å². The van der Waals surface area contributed by atoms with Gasteiger partial charge in [0.15, 0.2) is 5.60 Å². The lowest BCUT2D eigenvalue weighted by Gasteiger charge is -2.37. The predicted octanol–water partition coefficient (Wildman–Crippen LogP) is 2.90. The van der Waals surface area contributed by atoms with Gasteiger partial charge in [0, 0.05) is 25.6 Å². The van der Waals surface area contributed by atoms with E-state index in [2.05, 4.69) is 5.32 Å².